The number of hydrogen-bond acceptors (Lipinski definition) is 3. The Kier molecular flexibility index (Phi) is 5.11. The quantitative estimate of drug-likeness (QED) is 0.842. The Bertz CT molecular complexity index is 462. The molecule has 0 aromatic heterocycles. The molecule has 2 rings (SSSR count). The molecule has 0 saturated heterocycles. The van der Waals surface area contributed by atoms with Crippen LogP contribution in [0, 0.1) is 0 Å². The Balaban J connectivity index is 0.000000357. The molecule has 0 bridgehead atoms. The van der Waals surface area contributed by atoms with Crippen molar-refractivity contribution < 1.29 is 14.7 Å². The van der Waals surface area contributed by atoms with Gasteiger partial charge in [0.05, 0.1) is 12.5 Å². The van der Waals surface area contributed by atoms with Gasteiger partial charge in [0.2, 0.25) is 0 Å². The van der Waals surface area contributed by atoms with Crippen molar-refractivity contribution in [2.45, 2.75) is 26.3 Å². The number of carboxylic acid groups (broad SMARTS) is 1. The Morgan fingerprint density at radius 3 is 2.50 bits per heavy atom. The lowest BCUT2D eigenvalue weighted by Gasteiger charge is -2.21. The first-order chi connectivity index (χ1) is 8.50. The molecule has 18 heavy (non-hydrogen) atoms. The van der Waals surface area contributed by atoms with E-state index in [4.69, 9.17) is 5.11 Å². The zero-order chi connectivity index (χ0) is 13.5. The van der Waals surface area contributed by atoms with Gasteiger partial charge in [-0.05, 0) is 37.3 Å². The molecule has 1 unspecified atom stereocenters. The van der Waals surface area contributed by atoms with Crippen LogP contribution in [0.3, 0.4) is 0 Å². The zero-order valence-corrected chi connectivity index (χ0v) is 10.5. The SMILES string of the molecule is CC(C)=O.O=C(O)CC1NC=Cc2ccccc21. The topological polar surface area (TPSA) is 66.4 Å². The molecule has 0 aliphatic carbocycles. The van der Waals surface area contributed by atoms with Crippen molar-refractivity contribution in [1.29, 1.82) is 0 Å². The van der Waals surface area contributed by atoms with E-state index in [-0.39, 0.29) is 18.2 Å². The zero-order valence-electron chi connectivity index (χ0n) is 10.5. The van der Waals surface area contributed by atoms with Gasteiger partial charge in [-0.2, -0.15) is 0 Å². The molecule has 4 nitrogen and oxygen atoms in total. The number of hydrogen-bond donors (Lipinski definition) is 2. The molecular weight excluding hydrogens is 230 g/mol. The molecule has 4 heteroatoms. The summed E-state index contributed by atoms with van der Waals surface area (Å²) in [6.45, 7) is 3.06. The molecular formula is C14H17NO3. The number of ketones is 1. The van der Waals surface area contributed by atoms with Gasteiger partial charge in [-0.3, -0.25) is 4.79 Å². The highest BCUT2D eigenvalue weighted by Gasteiger charge is 2.18. The van der Waals surface area contributed by atoms with Crippen molar-refractivity contribution in [3.8, 4) is 0 Å². The van der Waals surface area contributed by atoms with E-state index in [0.29, 0.717) is 0 Å². The van der Waals surface area contributed by atoms with Gasteiger partial charge in [0.1, 0.15) is 5.78 Å². The Labute approximate surface area is 106 Å². The Hall–Kier alpha value is -2.10. The summed E-state index contributed by atoms with van der Waals surface area (Å²) < 4.78 is 0. The average Bonchev–Trinajstić information content (AvgIpc) is 2.28. The van der Waals surface area contributed by atoms with Crippen LogP contribution in [-0.2, 0) is 9.59 Å². The summed E-state index contributed by atoms with van der Waals surface area (Å²) in [5, 5.41) is 11.8. The minimum absolute atomic E-state index is 0.103. The van der Waals surface area contributed by atoms with Crippen molar-refractivity contribution in [2.24, 2.45) is 0 Å². The van der Waals surface area contributed by atoms with Crippen LogP contribution in [0.2, 0.25) is 0 Å². The molecule has 2 N–H and O–H groups in total. The van der Waals surface area contributed by atoms with Gasteiger partial charge in [-0.25, -0.2) is 0 Å². The van der Waals surface area contributed by atoms with E-state index in [1.54, 1.807) is 6.20 Å². The number of carbonyl (C=O) groups is 2. The number of benzene rings is 1. The lowest BCUT2D eigenvalue weighted by molar-refractivity contribution is -0.137. The van der Waals surface area contributed by atoms with Crippen LogP contribution in [0.5, 0.6) is 0 Å². The fourth-order valence-corrected chi connectivity index (χ4v) is 1.67. The summed E-state index contributed by atoms with van der Waals surface area (Å²) in [4.78, 5) is 20.1. The Morgan fingerprint density at radius 1 is 1.28 bits per heavy atom. The molecule has 1 atom stereocenters. The number of Topliss-reactive ketones (excluding diaryl/α,β-unsaturated/α-hetero) is 1. The van der Waals surface area contributed by atoms with Gasteiger partial charge in [0.15, 0.2) is 0 Å². The maximum Gasteiger partial charge on any atom is 0.305 e. The van der Waals surface area contributed by atoms with Gasteiger partial charge in [0.25, 0.3) is 0 Å². The maximum absolute atomic E-state index is 10.6. The molecule has 0 fully saturated rings. The number of carboxylic acids is 1. The predicted molar refractivity (Wildman–Crippen MR) is 70.0 cm³/mol. The summed E-state index contributed by atoms with van der Waals surface area (Å²) in [7, 11) is 0. The average molecular weight is 247 g/mol. The summed E-state index contributed by atoms with van der Waals surface area (Å²) in [5.41, 5.74) is 2.15. The summed E-state index contributed by atoms with van der Waals surface area (Å²) in [6, 6.07) is 7.72. The second kappa shape index (κ2) is 6.59. The van der Waals surface area contributed by atoms with Crippen LogP contribution in [0.1, 0.15) is 37.4 Å². The smallest absolute Gasteiger partial charge is 0.305 e. The van der Waals surface area contributed by atoms with Gasteiger partial charge in [-0.1, -0.05) is 24.3 Å². The molecule has 1 aliphatic heterocycles. The van der Waals surface area contributed by atoms with E-state index in [1.807, 2.05) is 30.3 Å². The summed E-state index contributed by atoms with van der Waals surface area (Å²) in [5.74, 6) is -0.618. The normalized spacial score (nSPS) is 15.8. The maximum atomic E-state index is 10.6. The highest BCUT2D eigenvalue weighted by Crippen LogP contribution is 2.25. The number of carbonyl (C=O) groups excluding carboxylic acids is 1. The monoisotopic (exact) mass is 247 g/mol. The molecule has 0 amide bonds. The van der Waals surface area contributed by atoms with Gasteiger partial charge in [-0.15, -0.1) is 0 Å². The Morgan fingerprint density at radius 2 is 1.89 bits per heavy atom. The molecule has 0 spiro atoms. The van der Waals surface area contributed by atoms with Crippen molar-refractivity contribution in [1.82, 2.24) is 5.32 Å². The van der Waals surface area contributed by atoms with Crippen molar-refractivity contribution in [2.75, 3.05) is 0 Å². The number of aliphatic carboxylic acids is 1. The highest BCUT2D eigenvalue weighted by molar-refractivity contribution is 5.72. The minimum atomic E-state index is -0.785. The van der Waals surface area contributed by atoms with Gasteiger partial charge in [0, 0.05) is 0 Å². The van der Waals surface area contributed by atoms with E-state index in [9.17, 15) is 9.59 Å². The fourth-order valence-electron chi connectivity index (χ4n) is 1.67. The highest BCUT2D eigenvalue weighted by atomic mass is 16.4. The van der Waals surface area contributed by atoms with Crippen LogP contribution in [0.15, 0.2) is 30.5 Å². The fraction of sp³-hybridized carbons (Fsp3) is 0.286. The molecule has 1 aliphatic rings. The van der Waals surface area contributed by atoms with Crippen LogP contribution in [-0.4, -0.2) is 16.9 Å². The second-order valence-electron chi connectivity index (χ2n) is 4.19. The lowest BCUT2D eigenvalue weighted by Crippen LogP contribution is -2.22. The van der Waals surface area contributed by atoms with E-state index in [2.05, 4.69) is 5.32 Å². The van der Waals surface area contributed by atoms with Crippen molar-refractivity contribution in [3.63, 3.8) is 0 Å². The second-order valence-corrected chi connectivity index (χ2v) is 4.19. The molecule has 1 aromatic rings. The third-order valence-electron chi connectivity index (χ3n) is 2.31. The molecule has 0 radical (unpaired) electrons. The summed E-state index contributed by atoms with van der Waals surface area (Å²) >= 11 is 0. The summed E-state index contributed by atoms with van der Waals surface area (Å²) in [6.07, 6.45) is 3.87. The molecule has 96 valence electrons. The third kappa shape index (κ3) is 4.41. The van der Waals surface area contributed by atoms with Crippen molar-refractivity contribution >= 4 is 17.8 Å². The van der Waals surface area contributed by atoms with E-state index >= 15 is 0 Å². The predicted octanol–water partition coefficient (Wildman–Crippen LogP) is 2.37. The first-order valence-corrected chi connectivity index (χ1v) is 5.71. The number of fused-ring (bicyclic) bond motifs is 1. The van der Waals surface area contributed by atoms with Crippen LogP contribution < -0.4 is 5.32 Å². The van der Waals surface area contributed by atoms with Gasteiger partial charge >= 0.3 is 5.97 Å². The molecule has 1 heterocycles. The molecule has 1 aromatic carbocycles. The van der Waals surface area contributed by atoms with E-state index in [1.165, 1.54) is 13.8 Å². The minimum Gasteiger partial charge on any atom is -0.481 e. The largest absolute Gasteiger partial charge is 0.481 e. The van der Waals surface area contributed by atoms with Crippen LogP contribution >= 0.6 is 0 Å². The van der Waals surface area contributed by atoms with Crippen molar-refractivity contribution in [3.05, 3.63) is 41.6 Å². The number of nitrogens with one attached hydrogen (secondary N) is 1. The first kappa shape index (κ1) is 14.0. The van der Waals surface area contributed by atoms with Gasteiger partial charge < -0.3 is 15.2 Å². The molecule has 0 saturated carbocycles. The number of rotatable bonds is 2. The van der Waals surface area contributed by atoms with E-state index < -0.39 is 5.97 Å². The van der Waals surface area contributed by atoms with E-state index in [0.717, 1.165) is 11.1 Å². The lowest BCUT2D eigenvalue weighted by atomic mass is 9.96. The third-order valence-corrected chi connectivity index (χ3v) is 2.31. The van der Waals surface area contributed by atoms with Crippen LogP contribution in [0.4, 0.5) is 0 Å². The van der Waals surface area contributed by atoms with Crippen LogP contribution in [0.25, 0.3) is 6.08 Å². The first-order valence-electron chi connectivity index (χ1n) is 5.71. The standard InChI is InChI=1S/C11H11NO2.C3H6O/c13-11(14)7-10-9-4-2-1-3-8(9)5-6-12-10;1-3(2)4/h1-6,10,12H,7H2,(H,13,14);1-2H3.